The van der Waals surface area contributed by atoms with Crippen LogP contribution >= 0.6 is 11.3 Å². The number of rotatable bonds is 6. The second kappa shape index (κ2) is 8.76. The maximum Gasteiger partial charge on any atom is 0.134 e. The molecule has 0 atom stereocenters. The average Bonchev–Trinajstić information content (AvgIpc) is 3.38. The van der Waals surface area contributed by atoms with Crippen LogP contribution in [0.2, 0.25) is 0 Å². The van der Waals surface area contributed by atoms with Crippen LogP contribution in [0.3, 0.4) is 0 Å². The third kappa shape index (κ3) is 4.32. The molecule has 0 aliphatic rings. The predicted molar refractivity (Wildman–Crippen MR) is 120 cm³/mol. The summed E-state index contributed by atoms with van der Waals surface area (Å²) >= 11 is 1.47. The number of nitriles is 1. The minimum atomic E-state index is 0.530. The number of thiazole rings is 1. The van der Waals surface area contributed by atoms with E-state index in [1.807, 2.05) is 71.7 Å². The Morgan fingerprint density at radius 1 is 1.17 bits per heavy atom. The van der Waals surface area contributed by atoms with Crippen molar-refractivity contribution in [2.24, 2.45) is 0 Å². The summed E-state index contributed by atoms with van der Waals surface area (Å²) in [5.41, 5.74) is 5.25. The lowest BCUT2D eigenvalue weighted by atomic mass is 10.1. The highest BCUT2D eigenvalue weighted by molar-refractivity contribution is 7.11. The molecule has 0 unspecified atom stereocenters. The Morgan fingerprint density at radius 3 is 2.57 bits per heavy atom. The van der Waals surface area contributed by atoms with Crippen molar-refractivity contribution in [1.29, 1.82) is 5.26 Å². The highest BCUT2D eigenvalue weighted by Crippen LogP contribution is 2.29. The number of nitrogens with zero attached hydrogens (tertiary/aromatic N) is 4. The molecule has 2 aromatic carbocycles. The van der Waals surface area contributed by atoms with Crippen LogP contribution in [0, 0.1) is 18.3 Å². The minimum Gasteiger partial charge on any atom is -0.497 e. The van der Waals surface area contributed by atoms with Crippen molar-refractivity contribution in [1.82, 2.24) is 14.8 Å². The lowest BCUT2D eigenvalue weighted by Crippen LogP contribution is -2.00. The highest BCUT2D eigenvalue weighted by Gasteiger charge is 2.13. The zero-order chi connectivity index (χ0) is 20.9. The fraction of sp³-hybridized carbons (Fsp3) is 0.125. The monoisotopic (exact) mass is 412 g/mol. The molecule has 0 saturated carbocycles. The van der Waals surface area contributed by atoms with Crippen LogP contribution in [0.1, 0.15) is 21.8 Å². The first kappa shape index (κ1) is 19.6. The van der Waals surface area contributed by atoms with Crippen LogP contribution in [-0.2, 0) is 6.54 Å². The summed E-state index contributed by atoms with van der Waals surface area (Å²) < 4.78 is 7.18. The Hall–Kier alpha value is -3.69. The molecule has 6 heteroatoms. The Bertz CT molecular complexity index is 1210. The molecule has 0 aliphatic heterocycles. The van der Waals surface area contributed by atoms with Crippen LogP contribution in [0.5, 0.6) is 5.75 Å². The number of allylic oxidation sites excluding steroid dienone is 1. The van der Waals surface area contributed by atoms with Crippen molar-refractivity contribution in [2.45, 2.75) is 13.5 Å². The van der Waals surface area contributed by atoms with Gasteiger partial charge in [-0.1, -0.05) is 30.3 Å². The van der Waals surface area contributed by atoms with Crippen molar-refractivity contribution in [3.05, 3.63) is 88.0 Å². The van der Waals surface area contributed by atoms with Crippen LogP contribution < -0.4 is 4.74 Å². The fourth-order valence-corrected chi connectivity index (χ4v) is 3.91. The summed E-state index contributed by atoms with van der Waals surface area (Å²) in [5, 5.41) is 17.2. The molecule has 0 spiro atoms. The molecular formula is C24H20N4OS. The topological polar surface area (TPSA) is 63.7 Å². The molecule has 0 fully saturated rings. The van der Waals surface area contributed by atoms with Gasteiger partial charge in [0.05, 0.1) is 24.9 Å². The maximum absolute atomic E-state index is 9.73. The van der Waals surface area contributed by atoms with Crippen molar-refractivity contribution in [2.75, 3.05) is 7.11 Å². The molecule has 5 nitrogen and oxygen atoms in total. The van der Waals surface area contributed by atoms with E-state index in [0.29, 0.717) is 17.1 Å². The second-order valence-electron chi connectivity index (χ2n) is 6.81. The van der Waals surface area contributed by atoms with E-state index >= 15 is 0 Å². The molecule has 0 saturated heterocycles. The van der Waals surface area contributed by atoms with Gasteiger partial charge in [0, 0.05) is 28.4 Å². The first-order valence-electron chi connectivity index (χ1n) is 9.46. The first-order chi connectivity index (χ1) is 14.7. The number of ether oxygens (including phenoxy) is 1. The van der Waals surface area contributed by atoms with E-state index in [0.717, 1.165) is 33.8 Å². The lowest BCUT2D eigenvalue weighted by molar-refractivity contribution is 0.415. The van der Waals surface area contributed by atoms with Crippen LogP contribution in [-0.4, -0.2) is 21.9 Å². The van der Waals surface area contributed by atoms with Gasteiger partial charge in [0.25, 0.3) is 0 Å². The predicted octanol–water partition coefficient (Wildman–Crippen LogP) is 5.44. The molecule has 30 heavy (non-hydrogen) atoms. The molecule has 0 radical (unpaired) electrons. The molecule has 2 aromatic heterocycles. The Balaban J connectivity index is 1.78. The number of hydrogen-bond acceptors (Lipinski definition) is 5. The van der Waals surface area contributed by atoms with Crippen molar-refractivity contribution in [3.8, 4) is 23.1 Å². The molecule has 0 aliphatic carbocycles. The van der Waals surface area contributed by atoms with Gasteiger partial charge in [-0.3, -0.25) is 4.68 Å². The van der Waals surface area contributed by atoms with Crippen LogP contribution in [0.25, 0.3) is 22.9 Å². The SMILES string of the molecule is COc1ccc(-c2nn(Cc3ccccc3)cc2/C=C(\C#N)c2nc(C)cs2)cc1. The lowest BCUT2D eigenvalue weighted by Gasteiger charge is -2.03. The van der Waals surface area contributed by atoms with Gasteiger partial charge in [0.2, 0.25) is 0 Å². The van der Waals surface area contributed by atoms with E-state index in [4.69, 9.17) is 9.84 Å². The van der Waals surface area contributed by atoms with Gasteiger partial charge in [-0.15, -0.1) is 11.3 Å². The van der Waals surface area contributed by atoms with Gasteiger partial charge in [0.1, 0.15) is 16.8 Å². The quantitative estimate of drug-likeness (QED) is 0.396. The number of methoxy groups -OCH3 is 1. The van der Waals surface area contributed by atoms with E-state index in [-0.39, 0.29) is 0 Å². The molecule has 0 amide bonds. The van der Waals surface area contributed by atoms with Gasteiger partial charge in [-0.2, -0.15) is 10.4 Å². The second-order valence-corrected chi connectivity index (χ2v) is 7.67. The third-order valence-electron chi connectivity index (χ3n) is 4.61. The summed E-state index contributed by atoms with van der Waals surface area (Å²) in [6, 6.07) is 20.2. The smallest absolute Gasteiger partial charge is 0.134 e. The largest absolute Gasteiger partial charge is 0.497 e. The van der Waals surface area contributed by atoms with Gasteiger partial charge >= 0.3 is 0 Å². The summed E-state index contributed by atoms with van der Waals surface area (Å²) in [6.07, 6.45) is 3.84. The van der Waals surface area contributed by atoms with Crippen LogP contribution in [0.4, 0.5) is 0 Å². The van der Waals surface area contributed by atoms with E-state index in [1.165, 1.54) is 11.3 Å². The van der Waals surface area contributed by atoms with Gasteiger partial charge in [0.15, 0.2) is 0 Å². The zero-order valence-corrected chi connectivity index (χ0v) is 17.6. The molecule has 2 heterocycles. The summed E-state index contributed by atoms with van der Waals surface area (Å²) in [5.74, 6) is 0.788. The Labute approximate surface area is 179 Å². The van der Waals surface area contributed by atoms with E-state index in [2.05, 4.69) is 23.2 Å². The van der Waals surface area contributed by atoms with Crippen LogP contribution in [0.15, 0.2) is 66.2 Å². The highest BCUT2D eigenvalue weighted by atomic mass is 32.1. The van der Waals surface area contributed by atoms with Crippen molar-refractivity contribution < 1.29 is 4.74 Å². The molecule has 4 rings (SSSR count). The number of aryl methyl sites for hydroxylation is 1. The molecular weight excluding hydrogens is 392 g/mol. The maximum atomic E-state index is 9.73. The molecule has 0 bridgehead atoms. The summed E-state index contributed by atoms with van der Waals surface area (Å²) in [4.78, 5) is 4.46. The number of aromatic nitrogens is 3. The van der Waals surface area contributed by atoms with Gasteiger partial charge < -0.3 is 4.74 Å². The first-order valence-corrected chi connectivity index (χ1v) is 10.3. The average molecular weight is 413 g/mol. The zero-order valence-electron chi connectivity index (χ0n) is 16.7. The number of benzene rings is 2. The Morgan fingerprint density at radius 2 is 1.93 bits per heavy atom. The summed E-state index contributed by atoms with van der Waals surface area (Å²) in [7, 11) is 1.65. The van der Waals surface area contributed by atoms with Gasteiger partial charge in [-0.25, -0.2) is 4.98 Å². The van der Waals surface area contributed by atoms with Gasteiger partial charge in [-0.05, 0) is 42.8 Å². The normalized spacial score (nSPS) is 11.3. The van der Waals surface area contributed by atoms with E-state index in [9.17, 15) is 5.26 Å². The fourth-order valence-electron chi connectivity index (χ4n) is 3.14. The molecule has 0 N–H and O–H groups in total. The standard InChI is InChI=1S/C24H20N4OS/c1-17-16-30-24(26-17)20(13-25)12-21-15-28(14-18-6-4-3-5-7-18)27-23(21)19-8-10-22(29-2)11-9-19/h3-12,15-16H,14H2,1-2H3/b20-12+. The number of hydrogen-bond donors (Lipinski definition) is 0. The minimum absolute atomic E-state index is 0.530. The molecule has 4 aromatic rings. The Kier molecular flexibility index (Phi) is 5.73. The van der Waals surface area contributed by atoms with E-state index < -0.39 is 0 Å². The summed E-state index contributed by atoms with van der Waals surface area (Å²) in [6.45, 7) is 2.58. The third-order valence-corrected chi connectivity index (χ3v) is 5.60. The molecule has 148 valence electrons. The van der Waals surface area contributed by atoms with Crippen molar-refractivity contribution in [3.63, 3.8) is 0 Å². The van der Waals surface area contributed by atoms with Crippen molar-refractivity contribution >= 4 is 23.0 Å². The van der Waals surface area contributed by atoms with E-state index in [1.54, 1.807) is 7.11 Å².